The minimum Gasteiger partial charge on any atom is -0.462 e. The van der Waals surface area contributed by atoms with Gasteiger partial charge in [-0.15, -0.1) is 0 Å². The van der Waals surface area contributed by atoms with Gasteiger partial charge in [-0.3, -0.25) is 0 Å². The summed E-state index contributed by atoms with van der Waals surface area (Å²) in [6, 6.07) is 4.42. The van der Waals surface area contributed by atoms with Crippen molar-refractivity contribution in [2.45, 2.75) is 51.3 Å². The first kappa shape index (κ1) is 10.7. The van der Waals surface area contributed by atoms with Crippen LogP contribution in [0.3, 0.4) is 0 Å². The molecule has 1 aromatic rings. The lowest BCUT2D eigenvalue weighted by Crippen LogP contribution is -2.30. The zero-order chi connectivity index (χ0) is 10.5. The summed E-state index contributed by atoms with van der Waals surface area (Å²) in [5, 5.41) is 12.4. The monoisotopic (exact) mass is 209 g/mol. The Morgan fingerprint density at radius 1 is 1.20 bits per heavy atom. The van der Waals surface area contributed by atoms with E-state index >= 15 is 0 Å². The highest BCUT2D eigenvalue weighted by atomic mass is 16.4. The minimum atomic E-state index is -0.0105. The lowest BCUT2D eigenvalue weighted by atomic mass is 9.95. The molecule has 3 nitrogen and oxygen atoms in total. The fourth-order valence-corrected chi connectivity index (χ4v) is 2.15. The van der Waals surface area contributed by atoms with Crippen molar-refractivity contribution in [3.8, 4) is 0 Å². The Labute approximate surface area is 90.5 Å². The predicted octanol–water partition coefficient (Wildman–Crippen LogP) is 2.19. The van der Waals surface area contributed by atoms with Crippen molar-refractivity contribution in [2.75, 3.05) is 0 Å². The Kier molecular flexibility index (Phi) is 3.80. The fraction of sp³-hybridized carbons (Fsp3) is 0.667. The van der Waals surface area contributed by atoms with Gasteiger partial charge in [0.2, 0.25) is 0 Å². The molecule has 0 radical (unpaired) electrons. The molecule has 1 aliphatic rings. The van der Waals surface area contributed by atoms with Crippen molar-refractivity contribution < 1.29 is 9.52 Å². The van der Waals surface area contributed by atoms with Crippen molar-refractivity contribution in [3.05, 3.63) is 23.7 Å². The number of nitrogens with one attached hydrogen (secondary N) is 1. The van der Waals surface area contributed by atoms with Crippen LogP contribution in [0.25, 0.3) is 0 Å². The molecular weight excluding hydrogens is 190 g/mol. The van der Waals surface area contributed by atoms with Gasteiger partial charge >= 0.3 is 0 Å². The molecular formula is C12H19NO2. The molecule has 2 rings (SSSR count). The van der Waals surface area contributed by atoms with Gasteiger partial charge < -0.3 is 14.8 Å². The SMILES string of the molecule is OCc1ccc(CNC2CCCCC2)o1. The Morgan fingerprint density at radius 2 is 1.93 bits per heavy atom. The van der Waals surface area contributed by atoms with E-state index in [0.29, 0.717) is 11.8 Å². The van der Waals surface area contributed by atoms with E-state index in [4.69, 9.17) is 9.52 Å². The van der Waals surface area contributed by atoms with Gasteiger partial charge in [-0.05, 0) is 25.0 Å². The fourth-order valence-electron chi connectivity index (χ4n) is 2.15. The first-order valence-electron chi connectivity index (χ1n) is 5.80. The first-order chi connectivity index (χ1) is 7.38. The highest BCUT2D eigenvalue weighted by Gasteiger charge is 2.12. The maximum Gasteiger partial charge on any atom is 0.129 e. The summed E-state index contributed by atoms with van der Waals surface area (Å²) in [5.41, 5.74) is 0. The summed E-state index contributed by atoms with van der Waals surface area (Å²) in [6.07, 6.45) is 6.64. The Hall–Kier alpha value is -0.800. The van der Waals surface area contributed by atoms with Crippen LogP contribution in [0.4, 0.5) is 0 Å². The van der Waals surface area contributed by atoms with Gasteiger partial charge in [-0.25, -0.2) is 0 Å². The summed E-state index contributed by atoms with van der Waals surface area (Å²) in [7, 11) is 0. The van der Waals surface area contributed by atoms with Crippen molar-refractivity contribution in [2.24, 2.45) is 0 Å². The molecule has 1 saturated carbocycles. The smallest absolute Gasteiger partial charge is 0.129 e. The molecule has 3 heteroatoms. The highest BCUT2D eigenvalue weighted by molar-refractivity contribution is 5.06. The average Bonchev–Trinajstić information content (AvgIpc) is 2.76. The zero-order valence-corrected chi connectivity index (χ0v) is 9.04. The molecule has 84 valence electrons. The normalized spacial score (nSPS) is 18.2. The van der Waals surface area contributed by atoms with Gasteiger partial charge in [-0.2, -0.15) is 0 Å². The second-order valence-electron chi connectivity index (χ2n) is 4.24. The molecule has 0 aliphatic heterocycles. The van der Waals surface area contributed by atoms with Gasteiger partial charge in [-0.1, -0.05) is 19.3 Å². The molecule has 0 saturated heterocycles. The van der Waals surface area contributed by atoms with E-state index in [0.717, 1.165) is 12.3 Å². The van der Waals surface area contributed by atoms with Crippen LogP contribution in [0.1, 0.15) is 43.6 Å². The van der Waals surface area contributed by atoms with Crippen LogP contribution in [0.2, 0.25) is 0 Å². The van der Waals surface area contributed by atoms with Crippen molar-refractivity contribution in [3.63, 3.8) is 0 Å². The maximum absolute atomic E-state index is 8.85. The topological polar surface area (TPSA) is 45.4 Å². The van der Waals surface area contributed by atoms with Crippen LogP contribution in [0, 0.1) is 0 Å². The first-order valence-corrected chi connectivity index (χ1v) is 5.80. The molecule has 1 aromatic heterocycles. The molecule has 2 N–H and O–H groups in total. The zero-order valence-electron chi connectivity index (χ0n) is 9.04. The molecule has 0 bridgehead atoms. The van der Waals surface area contributed by atoms with Crippen LogP contribution in [-0.4, -0.2) is 11.1 Å². The van der Waals surface area contributed by atoms with E-state index in [1.165, 1.54) is 32.1 Å². The molecule has 0 unspecified atom stereocenters. The van der Waals surface area contributed by atoms with Gasteiger partial charge in [0, 0.05) is 6.04 Å². The average molecular weight is 209 g/mol. The molecule has 15 heavy (non-hydrogen) atoms. The van der Waals surface area contributed by atoms with Crippen LogP contribution < -0.4 is 5.32 Å². The third-order valence-corrected chi connectivity index (χ3v) is 3.04. The quantitative estimate of drug-likeness (QED) is 0.799. The number of aliphatic hydroxyl groups excluding tert-OH is 1. The second-order valence-corrected chi connectivity index (χ2v) is 4.24. The Balaban J connectivity index is 1.76. The molecule has 1 heterocycles. The minimum absolute atomic E-state index is 0.0105. The predicted molar refractivity (Wildman–Crippen MR) is 58.3 cm³/mol. The van der Waals surface area contributed by atoms with Crippen molar-refractivity contribution in [1.82, 2.24) is 5.32 Å². The molecule has 1 aliphatic carbocycles. The third kappa shape index (κ3) is 3.08. The summed E-state index contributed by atoms with van der Waals surface area (Å²) in [4.78, 5) is 0. The lowest BCUT2D eigenvalue weighted by Gasteiger charge is -2.22. The Bertz CT molecular complexity index is 290. The van der Waals surface area contributed by atoms with Crippen LogP contribution in [0.15, 0.2) is 16.5 Å². The van der Waals surface area contributed by atoms with Gasteiger partial charge in [0.15, 0.2) is 0 Å². The van der Waals surface area contributed by atoms with E-state index < -0.39 is 0 Å². The lowest BCUT2D eigenvalue weighted by molar-refractivity contribution is 0.241. The summed E-state index contributed by atoms with van der Waals surface area (Å²) in [6.45, 7) is 0.772. The second kappa shape index (κ2) is 5.33. The molecule has 0 spiro atoms. The third-order valence-electron chi connectivity index (χ3n) is 3.04. The van der Waals surface area contributed by atoms with E-state index in [1.54, 1.807) is 0 Å². The number of rotatable bonds is 4. The van der Waals surface area contributed by atoms with Crippen LogP contribution in [-0.2, 0) is 13.2 Å². The van der Waals surface area contributed by atoms with E-state index in [2.05, 4.69) is 5.32 Å². The molecule has 1 fully saturated rings. The number of furan rings is 1. The van der Waals surface area contributed by atoms with Crippen molar-refractivity contribution in [1.29, 1.82) is 0 Å². The molecule has 0 aromatic carbocycles. The van der Waals surface area contributed by atoms with E-state index in [-0.39, 0.29) is 6.61 Å². The van der Waals surface area contributed by atoms with Gasteiger partial charge in [0.05, 0.1) is 6.54 Å². The highest BCUT2D eigenvalue weighted by Crippen LogP contribution is 2.18. The summed E-state index contributed by atoms with van der Waals surface area (Å²) >= 11 is 0. The Morgan fingerprint density at radius 3 is 2.60 bits per heavy atom. The maximum atomic E-state index is 8.85. The van der Waals surface area contributed by atoms with Crippen molar-refractivity contribution >= 4 is 0 Å². The number of hydrogen-bond acceptors (Lipinski definition) is 3. The summed E-state index contributed by atoms with van der Waals surface area (Å²) in [5.74, 6) is 1.57. The molecule has 0 amide bonds. The number of aliphatic hydroxyl groups is 1. The van der Waals surface area contributed by atoms with Gasteiger partial charge in [0.25, 0.3) is 0 Å². The van der Waals surface area contributed by atoms with E-state index in [9.17, 15) is 0 Å². The van der Waals surface area contributed by atoms with Crippen LogP contribution in [0.5, 0.6) is 0 Å². The van der Waals surface area contributed by atoms with E-state index in [1.807, 2.05) is 12.1 Å². The number of hydrogen-bond donors (Lipinski definition) is 2. The summed E-state index contributed by atoms with van der Waals surface area (Å²) < 4.78 is 5.41. The standard InChI is InChI=1S/C12H19NO2/c14-9-12-7-6-11(15-12)8-13-10-4-2-1-3-5-10/h6-7,10,13-14H,1-5,8-9H2. The van der Waals surface area contributed by atoms with Gasteiger partial charge in [0.1, 0.15) is 18.1 Å². The largest absolute Gasteiger partial charge is 0.462 e. The van der Waals surface area contributed by atoms with Crippen LogP contribution >= 0.6 is 0 Å². The molecule has 0 atom stereocenters.